The third kappa shape index (κ3) is 7.80. The van der Waals surface area contributed by atoms with Gasteiger partial charge in [0.1, 0.15) is 29.3 Å². The molecule has 1 aliphatic heterocycles. The van der Waals surface area contributed by atoms with Gasteiger partial charge in [-0.25, -0.2) is 4.79 Å². The summed E-state index contributed by atoms with van der Waals surface area (Å²) in [6.07, 6.45) is -0.429. The summed E-state index contributed by atoms with van der Waals surface area (Å²) in [4.78, 5) is 54.4. The molecule has 0 bridgehead atoms. The molecule has 1 heterocycles. The lowest BCUT2D eigenvalue weighted by Crippen LogP contribution is -2.32. The van der Waals surface area contributed by atoms with Gasteiger partial charge in [-0.15, -0.1) is 0 Å². The SMILES string of the molecule is COc1cc(CN)c2c(c1CC(=O)OCc1ccccc1)Sc1c(ccc(OC)c1C(=O)OC(C)(C)C)N2C(=O)CCCC(=O)O. The molecular weight excluding hydrogens is 612 g/mol. The number of benzene rings is 3. The van der Waals surface area contributed by atoms with Crippen LogP contribution in [0.1, 0.15) is 67.1 Å². The van der Waals surface area contributed by atoms with E-state index >= 15 is 0 Å². The van der Waals surface area contributed by atoms with Crippen molar-refractivity contribution >= 4 is 47.0 Å². The van der Waals surface area contributed by atoms with E-state index < -0.39 is 29.4 Å². The summed E-state index contributed by atoms with van der Waals surface area (Å²) in [6.45, 7) is 5.30. The second-order valence-corrected chi connectivity index (χ2v) is 12.5. The first-order valence-electron chi connectivity index (χ1n) is 14.7. The van der Waals surface area contributed by atoms with Gasteiger partial charge in [-0.1, -0.05) is 42.1 Å². The fourth-order valence-electron chi connectivity index (χ4n) is 5.02. The predicted molar refractivity (Wildman–Crippen MR) is 172 cm³/mol. The molecule has 0 aliphatic carbocycles. The van der Waals surface area contributed by atoms with E-state index in [2.05, 4.69) is 0 Å². The number of ether oxygens (including phenoxy) is 4. The molecule has 0 saturated heterocycles. The standard InChI is InChI=1S/C34H38N2O9S/c1-34(2,3)45-33(41)29-24(42-4)15-14-23-32(29)46-31-22(17-28(40)44-19-20-10-7-6-8-11-20)25(43-5)16-21(18-35)30(31)36(23)26(37)12-9-13-27(38)39/h6-8,10-11,14-16H,9,12-13,17-19,35H2,1-5H3,(H,38,39). The first kappa shape index (κ1) is 34.3. The third-order valence-electron chi connectivity index (χ3n) is 7.02. The number of aliphatic carboxylic acids is 1. The molecule has 46 heavy (non-hydrogen) atoms. The third-order valence-corrected chi connectivity index (χ3v) is 8.28. The fourth-order valence-corrected chi connectivity index (χ4v) is 6.39. The maximum atomic E-state index is 14.0. The summed E-state index contributed by atoms with van der Waals surface area (Å²) in [5.41, 5.74) is 8.07. The Kier molecular flexibility index (Phi) is 11.0. The zero-order valence-electron chi connectivity index (χ0n) is 26.5. The van der Waals surface area contributed by atoms with E-state index in [1.165, 1.54) is 30.9 Å². The number of carbonyl (C=O) groups is 4. The maximum Gasteiger partial charge on any atom is 0.343 e. The summed E-state index contributed by atoms with van der Waals surface area (Å²) in [6, 6.07) is 14.2. The monoisotopic (exact) mass is 650 g/mol. The van der Waals surface area contributed by atoms with Gasteiger partial charge < -0.3 is 29.8 Å². The van der Waals surface area contributed by atoms with Crippen LogP contribution < -0.4 is 20.1 Å². The quantitative estimate of drug-likeness (QED) is 0.229. The molecule has 0 atom stereocenters. The molecule has 12 heteroatoms. The number of fused-ring (bicyclic) bond motifs is 2. The van der Waals surface area contributed by atoms with Gasteiger partial charge in [0.25, 0.3) is 0 Å². The van der Waals surface area contributed by atoms with Crippen LogP contribution in [0.3, 0.4) is 0 Å². The van der Waals surface area contributed by atoms with Crippen molar-refractivity contribution in [1.82, 2.24) is 0 Å². The van der Waals surface area contributed by atoms with Gasteiger partial charge in [0.15, 0.2) is 0 Å². The highest BCUT2D eigenvalue weighted by molar-refractivity contribution is 8.00. The molecule has 3 N–H and O–H groups in total. The lowest BCUT2D eigenvalue weighted by Gasteiger charge is -2.36. The number of nitrogens with two attached hydrogens (primary N) is 1. The van der Waals surface area contributed by atoms with Crippen LogP contribution in [0, 0.1) is 0 Å². The Labute approximate surface area is 271 Å². The summed E-state index contributed by atoms with van der Waals surface area (Å²) in [7, 11) is 2.89. The van der Waals surface area contributed by atoms with E-state index in [0.29, 0.717) is 38.0 Å². The number of carbonyl (C=O) groups excluding carboxylic acids is 3. The lowest BCUT2D eigenvalue weighted by atomic mass is 10.0. The number of carboxylic acid groups (broad SMARTS) is 1. The van der Waals surface area contributed by atoms with Crippen LogP contribution in [0.15, 0.2) is 58.3 Å². The number of hydrogen-bond donors (Lipinski definition) is 2. The van der Waals surface area contributed by atoms with Gasteiger partial charge >= 0.3 is 17.9 Å². The molecule has 1 aliphatic rings. The van der Waals surface area contributed by atoms with Crippen molar-refractivity contribution in [1.29, 1.82) is 0 Å². The van der Waals surface area contributed by atoms with E-state index in [-0.39, 0.29) is 50.1 Å². The molecule has 0 radical (unpaired) electrons. The number of carboxylic acids is 1. The van der Waals surface area contributed by atoms with Gasteiger partial charge in [0.05, 0.1) is 36.9 Å². The zero-order chi connectivity index (χ0) is 33.6. The Bertz CT molecular complexity index is 1630. The van der Waals surface area contributed by atoms with E-state index in [9.17, 15) is 24.3 Å². The van der Waals surface area contributed by atoms with Crippen LogP contribution in [0.4, 0.5) is 11.4 Å². The summed E-state index contributed by atoms with van der Waals surface area (Å²) in [5, 5.41) is 9.21. The predicted octanol–water partition coefficient (Wildman–Crippen LogP) is 5.79. The topological polar surface area (TPSA) is 155 Å². The number of nitrogens with zero attached hydrogens (tertiary/aromatic N) is 1. The Morgan fingerprint density at radius 3 is 2.24 bits per heavy atom. The number of methoxy groups -OCH3 is 2. The Balaban J connectivity index is 1.90. The summed E-state index contributed by atoms with van der Waals surface area (Å²) >= 11 is 1.17. The smallest absolute Gasteiger partial charge is 0.343 e. The molecular formula is C34H38N2O9S. The average molecular weight is 651 g/mol. The molecule has 0 aromatic heterocycles. The molecule has 0 unspecified atom stereocenters. The minimum atomic E-state index is -1.02. The largest absolute Gasteiger partial charge is 0.496 e. The molecule has 3 aromatic carbocycles. The fraction of sp³-hybridized carbons (Fsp3) is 0.353. The van der Waals surface area contributed by atoms with Gasteiger partial charge in [-0.05, 0) is 56.5 Å². The van der Waals surface area contributed by atoms with Crippen molar-refractivity contribution in [3.63, 3.8) is 0 Å². The lowest BCUT2D eigenvalue weighted by molar-refractivity contribution is -0.144. The van der Waals surface area contributed by atoms with Crippen LogP contribution in [0.2, 0.25) is 0 Å². The van der Waals surface area contributed by atoms with Gasteiger partial charge in [0.2, 0.25) is 5.91 Å². The molecule has 3 aromatic rings. The van der Waals surface area contributed by atoms with Crippen molar-refractivity contribution in [3.8, 4) is 11.5 Å². The van der Waals surface area contributed by atoms with Crippen LogP contribution in [0.25, 0.3) is 0 Å². The number of hydrogen-bond acceptors (Lipinski definition) is 10. The minimum Gasteiger partial charge on any atom is -0.496 e. The Hall–Kier alpha value is -4.55. The van der Waals surface area contributed by atoms with E-state index in [1.54, 1.807) is 39.0 Å². The minimum absolute atomic E-state index is 0.0152. The molecule has 11 nitrogen and oxygen atoms in total. The van der Waals surface area contributed by atoms with Crippen molar-refractivity contribution < 1.29 is 43.2 Å². The first-order valence-corrected chi connectivity index (χ1v) is 15.5. The van der Waals surface area contributed by atoms with Crippen molar-refractivity contribution in [2.45, 2.75) is 75.0 Å². The van der Waals surface area contributed by atoms with Crippen LogP contribution in [0.5, 0.6) is 11.5 Å². The van der Waals surface area contributed by atoms with Crippen LogP contribution >= 0.6 is 11.8 Å². The van der Waals surface area contributed by atoms with E-state index in [1.807, 2.05) is 30.3 Å². The molecule has 4 rings (SSSR count). The van der Waals surface area contributed by atoms with Crippen molar-refractivity contribution in [2.75, 3.05) is 19.1 Å². The van der Waals surface area contributed by atoms with E-state index in [4.69, 9.17) is 24.7 Å². The molecule has 1 amide bonds. The Morgan fingerprint density at radius 2 is 1.63 bits per heavy atom. The number of anilines is 2. The van der Waals surface area contributed by atoms with Crippen LogP contribution in [-0.4, -0.2) is 48.7 Å². The Morgan fingerprint density at radius 1 is 0.935 bits per heavy atom. The van der Waals surface area contributed by atoms with Gasteiger partial charge in [-0.3, -0.25) is 19.3 Å². The normalized spacial score (nSPS) is 12.1. The highest BCUT2D eigenvalue weighted by Crippen LogP contribution is 2.56. The first-order chi connectivity index (χ1) is 21.9. The second kappa shape index (κ2) is 14.7. The number of amides is 1. The molecule has 0 fully saturated rings. The molecule has 0 spiro atoms. The number of esters is 2. The highest BCUT2D eigenvalue weighted by atomic mass is 32.2. The van der Waals surface area contributed by atoms with Gasteiger partial charge in [-0.2, -0.15) is 0 Å². The van der Waals surface area contributed by atoms with Gasteiger partial charge in [0, 0.05) is 29.8 Å². The van der Waals surface area contributed by atoms with Crippen LogP contribution in [-0.2, 0) is 43.4 Å². The maximum absolute atomic E-state index is 14.0. The van der Waals surface area contributed by atoms with E-state index in [0.717, 1.165) is 5.56 Å². The zero-order valence-corrected chi connectivity index (χ0v) is 27.3. The number of rotatable bonds is 12. The average Bonchev–Trinajstić information content (AvgIpc) is 3.01. The molecule has 244 valence electrons. The summed E-state index contributed by atoms with van der Waals surface area (Å²) < 4.78 is 22.6. The summed E-state index contributed by atoms with van der Waals surface area (Å²) in [5.74, 6) is -2.06. The molecule has 0 saturated carbocycles. The highest BCUT2D eigenvalue weighted by Gasteiger charge is 2.38. The second-order valence-electron chi connectivity index (χ2n) is 11.5. The van der Waals surface area contributed by atoms with Crippen molar-refractivity contribution in [2.24, 2.45) is 5.73 Å². The van der Waals surface area contributed by atoms with Crippen molar-refractivity contribution in [3.05, 3.63) is 70.8 Å².